The third-order valence-corrected chi connectivity index (χ3v) is 4.62. The third-order valence-electron chi connectivity index (χ3n) is 4.62. The van der Waals surface area contributed by atoms with Crippen molar-refractivity contribution in [1.82, 2.24) is 15.1 Å². The van der Waals surface area contributed by atoms with E-state index in [2.05, 4.69) is 72.3 Å². The molecule has 23 heavy (non-hydrogen) atoms. The summed E-state index contributed by atoms with van der Waals surface area (Å²) in [6.45, 7) is 6.24. The van der Waals surface area contributed by atoms with Crippen LogP contribution < -0.4 is 5.32 Å². The van der Waals surface area contributed by atoms with E-state index in [4.69, 9.17) is 0 Å². The molecule has 1 atom stereocenters. The smallest absolute Gasteiger partial charge is 0.193 e. The Kier molecular flexibility index (Phi) is 8.33. The molecule has 1 aromatic carbocycles. The predicted octanol–water partition coefficient (Wildman–Crippen LogP) is 3.10. The van der Waals surface area contributed by atoms with Crippen LogP contribution in [0.4, 0.5) is 0 Å². The summed E-state index contributed by atoms with van der Waals surface area (Å²) >= 11 is 0. The van der Waals surface area contributed by atoms with Gasteiger partial charge in [0.25, 0.3) is 0 Å². The van der Waals surface area contributed by atoms with Gasteiger partial charge in [0.05, 0.1) is 0 Å². The van der Waals surface area contributed by atoms with Crippen molar-refractivity contribution in [1.29, 1.82) is 0 Å². The normalized spacial score (nSPS) is 16.0. The molecule has 1 fully saturated rings. The number of halogens is 1. The molecule has 0 spiro atoms. The molecule has 1 unspecified atom stereocenters. The second-order valence-corrected chi connectivity index (χ2v) is 6.46. The largest absolute Gasteiger partial charge is 0.355 e. The number of aliphatic imine (C=N–C) groups is 1. The second kappa shape index (κ2) is 9.47. The third kappa shape index (κ3) is 5.95. The number of likely N-dealkylation sites (N-methyl/N-ethyl adjacent to an activating group) is 1. The van der Waals surface area contributed by atoms with Gasteiger partial charge in [-0.2, -0.15) is 0 Å². The van der Waals surface area contributed by atoms with E-state index in [0.717, 1.165) is 25.1 Å². The molecule has 0 heterocycles. The SMILES string of the molecule is CN=C(NCC(C)N(C)C1CC1)N(C)Cc1ccccc1C.I. The maximum absolute atomic E-state index is 4.42. The predicted molar refractivity (Wildman–Crippen MR) is 110 cm³/mol. The van der Waals surface area contributed by atoms with Crippen molar-refractivity contribution in [3.63, 3.8) is 0 Å². The minimum absolute atomic E-state index is 0. The Morgan fingerprint density at radius 1 is 1.30 bits per heavy atom. The Bertz CT molecular complexity index is 513. The van der Waals surface area contributed by atoms with Gasteiger partial charge in [0.15, 0.2) is 5.96 Å². The van der Waals surface area contributed by atoms with Crippen LogP contribution in [0, 0.1) is 6.92 Å². The standard InChI is InChI=1S/C18H30N4.HI/c1-14-8-6-7-9-16(14)13-21(4)18(19-3)20-12-15(2)22(5)17-10-11-17;/h6-9,15,17H,10-13H2,1-5H3,(H,19,20);1H. The molecule has 0 saturated heterocycles. The van der Waals surface area contributed by atoms with Crippen LogP contribution >= 0.6 is 24.0 Å². The quantitative estimate of drug-likeness (QED) is 0.428. The lowest BCUT2D eigenvalue weighted by Gasteiger charge is -2.28. The first-order chi connectivity index (χ1) is 10.5. The van der Waals surface area contributed by atoms with Crippen LogP contribution in [0.3, 0.4) is 0 Å². The molecule has 1 aliphatic rings. The van der Waals surface area contributed by atoms with Gasteiger partial charge in [-0.15, -0.1) is 24.0 Å². The molecule has 4 nitrogen and oxygen atoms in total. The maximum Gasteiger partial charge on any atom is 0.193 e. The van der Waals surface area contributed by atoms with Gasteiger partial charge >= 0.3 is 0 Å². The van der Waals surface area contributed by atoms with E-state index in [1.54, 1.807) is 0 Å². The highest BCUT2D eigenvalue weighted by Gasteiger charge is 2.29. The molecule has 5 heteroatoms. The average Bonchev–Trinajstić information content (AvgIpc) is 3.34. The van der Waals surface area contributed by atoms with Crippen LogP contribution in [0.15, 0.2) is 29.3 Å². The lowest BCUT2D eigenvalue weighted by atomic mass is 10.1. The van der Waals surface area contributed by atoms with Gasteiger partial charge in [-0.1, -0.05) is 24.3 Å². The number of benzene rings is 1. The topological polar surface area (TPSA) is 30.9 Å². The molecule has 2 rings (SSSR count). The van der Waals surface area contributed by atoms with Crippen molar-refractivity contribution in [3.8, 4) is 0 Å². The fourth-order valence-corrected chi connectivity index (χ4v) is 2.73. The van der Waals surface area contributed by atoms with Crippen molar-refractivity contribution in [3.05, 3.63) is 35.4 Å². The van der Waals surface area contributed by atoms with Crippen molar-refractivity contribution in [2.45, 2.75) is 45.3 Å². The van der Waals surface area contributed by atoms with Gasteiger partial charge in [0.1, 0.15) is 0 Å². The van der Waals surface area contributed by atoms with E-state index in [1.165, 1.54) is 24.0 Å². The second-order valence-electron chi connectivity index (χ2n) is 6.46. The molecule has 0 amide bonds. The van der Waals surface area contributed by atoms with E-state index in [0.29, 0.717) is 6.04 Å². The molecule has 130 valence electrons. The molecule has 1 saturated carbocycles. The van der Waals surface area contributed by atoms with Gasteiger partial charge in [-0.05, 0) is 44.9 Å². The highest BCUT2D eigenvalue weighted by atomic mass is 127. The number of rotatable bonds is 6. The summed E-state index contributed by atoms with van der Waals surface area (Å²) in [4.78, 5) is 9.08. The maximum atomic E-state index is 4.42. The van der Waals surface area contributed by atoms with Crippen LogP contribution in [0.2, 0.25) is 0 Å². The first-order valence-electron chi connectivity index (χ1n) is 8.21. The fraction of sp³-hybridized carbons (Fsp3) is 0.611. The van der Waals surface area contributed by atoms with Crippen LogP contribution in [0.25, 0.3) is 0 Å². The number of nitrogens with one attached hydrogen (secondary N) is 1. The molecule has 0 bridgehead atoms. The zero-order valence-corrected chi connectivity index (χ0v) is 17.4. The lowest BCUT2D eigenvalue weighted by Crippen LogP contribution is -2.45. The molecule has 0 aromatic heterocycles. The highest BCUT2D eigenvalue weighted by molar-refractivity contribution is 14.0. The van der Waals surface area contributed by atoms with Crippen LogP contribution in [0.5, 0.6) is 0 Å². The van der Waals surface area contributed by atoms with Gasteiger partial charge in [0.2, 0.25) is 0 Å². The van der Waals surface area contributed by atoms with E-state index >= 15 is 0 Å². The Morgan fingerprint density at radius 2 is 1.96 bits per heavy atom. The van der Waals surface area contributed by atoms with Crippen molar-refractivity contribution in [2.75, 3.05) is 27.7 Å². The Morgan fingerprint density at radius 3 is 2.52 bits per heavy atom. The molecule has 0 radical (unpaired) electrons. The monoisotopic (exact) mass is 430 g/mol. The number of hydrogen-bond donors (Lipinski definition) is 1. The number of aryl methyl sites for hydroxylation is 1. The molecule has 1 aromatic rings. The molecule has 1 aliphatic carbocycles. The van der Waals surface area contributed by atoms with Crippen LogP contribution in [-0.2, 0) is 6.54 Å². The van der Waals surface area contributed by atoms with Crippen LogP contribution in [0.1, 0.15) is 30.9 Å². The summed E-state index contributed by atoms with van der Waals surface area (Å²) in [5.74, 6) is 0.958. The molecule has 0 aliphatic heterocycles. The number of hydrogen-bond acceptors (Lipinski definition) is 2. The minimum atomic E-state index is 0. The lowest BCUT2D eigenvalue weighted by molar-refractivity contribution is 0.246. The Labute approximate surface area is 158 Å². The molecular formula is C18H31IN4. The average molecular weight is 430 g/mol. The Balaban J connectivity index is 0.00000264. The summed E-state index contributed by atoms with van der Waals surface area (Å²) in [6, 6.07) is 9.84. The minimum Gasteiger partial charge on any atom is -0.355 e. The zero-order chi connectivity index (χ0) is 16.1. The van der Waals surface area contributed by atoms with E-state index in [1.807, 2.05) is 7.05 Å². The number of guanidine groups is 1. The zero-order valence-electron chi connectivity index (χ0n) is 15.0. The summed E-state index contributed by atoms with van der Waals surface area (Å²) in [7, 11) is 6.17. The summed E-state index contributed by atoms with van der Waals surface area (Å²) in [5, 5.41) is 3.51. The van der Waals surface area contributed by atoms with E-state index < -0.39 is 0 Å². The Hall–Kier alpha value is -0.820. The van der Waals surface area contributed by atoms with Gasteiger partial charge in [-0.25, -0.2) is 0 Å². The summed E-state index contributed by atoms with van der Waals surface area (Å²) in [6.07, 6.45) is 2.70. The molecule has 1 N–H and O–H groups in total. The van der Waals surface area contributed by atoms with Crippen molar-refractivity contribution < 1.29 is 0 Å². The van der Waals surface area contributed by atoms with Crippen LogP contribution in [-0.4, -0.2) is 55.5 Å². The van der Waals surface area contributed by atoms with Crippen molar-refractivity contribution in [2.24, 2.45) is 4.99 Å². The fourth-order valence-electron chi connectivity index (χ4n) is 2.73. The van der Waals surface area contributed by atoms with Crippen molar-refractivity contribution >= 4 is 29.9 Å². The summed E-state index contributed by atoms with van der Waals surface area (Å²) in [5.41, 5.74) is 2.67. The highest BCUT2D eigenvalue weighted by Crippen LogP contribution is 2.26. The van der Waals surface area contributed by atoms with Gasteiger partial charge in [0, 0.05) is 39.3 Å². The first kappa shape index (κ1) is 20.2. The van der Waals surface area contributed by atoms with E-state index in [-0.39, 0.29) is 24.0 Å². The number of nitrogens with zero attached hydrogens (tertiary/aromatic N) is 3. The van der Waals surface area contributed by atoms with E-state index in [9.17, 15) is 0 Å². The summed E-state index contributed by atoms with van der Waals surface area (Å²) < 4.78 is 0. The van der Waals surface area contributed by atoms with Gasteiger partial charge in [-0.3, -0.25) is 9.89 Å². The first-order valence-corrected chi connectivity index (χ1v) is 8.21. The van der Waals surface area contributed by atoms with Gasteiger partial charge < -0.3 is 10.2 Å². The molecular weight excluding hydrogens is 399 g/mol.